The average Bonchev–Trinajstić information content (AvgIpc) is 3.10. The zero-order valence-corrected chi connectivity index (χ0v) is 13.8. The van der Waals surface area contributed by atoms with Gasteiger partial charge >= 0.3 is 0 Å². The number of furan rings is 1. The maximum atomic E-state index is 12.8. The molecule has 0 bridgehead atoms. The Morgan fingerprint density at radius 1 is 1.12 bits per heavy atom. The number of amides is 1. The number of nitrogens with zero attached hydrogens (tertiary/aromatic N) is 2. The van der Waals surface area contributed by atoms with Gasteiger partial charge in [-0.1, -0.05) is 30.3 Å². The first-order chi connectivity index (χ1) is 11.7. The van der Waals surface area contributed by atoms with E-state index in [0.717, 1.165) is 37.3 Å². The maximum Gasteiger partial charge on any atom is 0.237 e. The van der Waals surface area contributed by atoms with Crippen molar-refractivity contribution in [1.82, 2.24) is 9.80 Å². The van der Waals surface area contributed by atoms with Gasteiger partial charge in [-0.15, -0.1) is 0 Å². The van der Waals surface area contributed by atoms with Gasteiger partial charge in [-0.2, -0.15) is 0 Å². The van der Waals surface area contributed by atoms with E-state index in [1.165, 1.54) is 0 Å². The van der Waals surface area contributed by atoms with Gasteiger partial charge in [-0.25, -0.2) is 0 Å². The number of carbonyl (C=O) groups excluding carboxylic acids is 1. The minimum atomic E-state index is -0.222. The van der Waals surface area contributed by atoms with Gasteiger partial charge in [0, 0.05) is 19.6 Å². The summed E-state index contributed by atoms with van der Waals surface area (Å²) >= 11 is 0. The van der Waals surface area contributed by atoms with Gasteiger partial charge in [0.25, 0.3) is 0 Å². The maximum absolute atomic E-state index is 12.8. The van der Waals surface area contributed by atoms with Gasteiger partial charge in [0.1, 0.15) is 5.76 Å². The number of benzene rings is 1. The van der Waals surface area contributed by atoms with Crippen LogP contribution >= 0.6 is 0 Å². The average molecular weight is 328 g/mol. The predicted molar refractivity (Wildman–Crippen MR) is 91.1 cm³/mol. The number of piperidine rings is 1. The molecule has 0 aliphatic carbocycles. The molecule has 5 heteroatoms. The van der Waals surface area contributed by atoms with Crippen molar-refractivity contribution in [3.8, 4) is 0 Å². The van der Waals surface area contributed by atoms with Gasteiger partial charge in [0.2, 0.25) is 5.91 Å². The Bertz CT molecular complexity index is 619. The van der Waals surface area contributed by atoms with Crippen LogP contribution in [-0.2, 0) is 17.9 Å². The number of likely N-dealkylation sites (tertiary alicyclic amines) is 1. The molecule has 0 spiro atoms. The molecule has 1 N–H and O–H groups in total. The molecule has 1 aromatic carbocycles. The Hall–Kier alpha value is -2.11. The highest BCUT2D eigenvalue weighted by molar-refractivity contribution is 5.78. The summed E-state index contributed by atoms with van der Waals surface area (Å²) in [5, 5.41) is 9.60. The van der Waals surface area contributed by atoms with Crippen molar-refractivity contribution in [3.05, 3.63) is 60.1 Å². The van der Waals surface area contributed by atoms with Crippen LogP contribution in [0.4, 0.5) is 0 Å². The SMILES string of the molecule is O=C(CN1CCC(O)CC1)N(Cc1ccccc1)Cc1ccco1. The van der Waals surface area contributed by atoms with E-state index < -0.39 is 0 Å². The van der Waals surface area contributed by atoms with Crippen LogP contribution in [0.25, 0.3) is 0 Å². The number of aliphatic hydroxyl groups excluding tert-OH is 1. The number of hydrogen-bond donors (Lipinski definition) is 1. The van der Waals surface area contributed by atoms with E-state index in [-0.39, 0.29) is 12.0 Å². The number of hydrogen-bond acceptors (Lipinski definition) is 4. The molecule has 2 heterocycles. The van der Waals surface area contributed by atoms with Crippen LogP contribution in [0.1, 0.15) is 24.2 Å². The number of aliphatic hydroxyl groups is 1. The minimum absolute atomic E-state index is 0.0895. The molecule has 128 valence electrons. The van der Waals surface area contributed by atoms with E-state index in [2.05, 4.69) is 4.90 Å². The molecule has 3 rings (SSSR count). The second kappa shape index (κ2) is 8.13. The van der Waals surface area contributed by atoms with Crippen LogP contribution < -0.4 is 0 Å². The van der Waals surface area contributed by atoms with Crippen LogP contribution in [-0.4, -0.2) is 46.6 Å². The molecule has 1 fully saturated rings. The van der Waals surface area contributed by atoms with Crippen molar-refractivity contribution in [2.75, 3.05) is 19.6 Å². The van der Waals surface area contributed by atoms with Gasteiger partial charge in [0.05, 0.1) is 25.5 Å². The van der Waals surface area contributed by atoms with Crippen LogP contribution in [0.2, 0.25) is 0 Å². The molecule has 5 nitrogen and oxygen atoms in total. The summed E-state index contributed by atoms with van der Waals surface area (Å²) in [6.07, 6.45) is 2.89. The molecule has 1 aliphatic rings. The zero-order chi connectivity index (χ0) is 16.8. The van der Waals surface area contributed by atoms with E-state index in [1.807, 2.05) is 47.4 Å². The number of carbonyl (C=O) groups is 1. The van der Waals surface area contributed by atoms with Crippen LogP contribution in [0.3, 0.4) is 0 Å². The van der Waals surface area contributed by atoms with Gasteiger partial charge in [0.15, 0.2) is 0 Å². The summed E-state index contributed by atoms with van der Waals surface area (Å²) in [5.41, 5.74) is 1.10. The highest BCUT2D eigenvalue weighted by Crippen LogP contribution is 2.14. The second-order valence-corrected chi connectivity index (χ2v) is 6.32. The Balaban J connectivity index is 1.65. The van der Waals surface area contributed by atoms with Crippen LogP contribution in [0.15, 0.2) is 53.1 Å². The lowest BCUT2D eigenvalue weighted by molar-refractivity contribution is -0.134. The quantitative estimate of drug-likeness (QED) is 0.884. The predicted octanol–water partition coefficient (Wildman–Crippen LogP) is 2.27. The molecule has 1 aliphatic heterocycles. The highest BCUT2D eigenvalue weighted by atomic mass is 16.3. The first kappa shape index (κ1) is 16.7. The zero-order valence-electron chi connectivity index (χ0n) is 13.8. The third-order valence-electron chi connectivity index (χ3n) is 4.41. The molecular weight excluding hydrogens is 304 g/mol. The first-order valence-corrected chi connectivity index (χ1v) is 8.45. The lowest BCUT2D eigenvalue weighted by atomic mass is 10.1. The van der Waals surface area contributed by atoms with Gasteiger partial charge in [-0.05, 0) is 30.5 Å². The summed E-state index contributed by atoms with van der Waals surface area (Å²) in [5.74, 6) is 0.875. The van der Waals surface area contributed by atoms with Crippen molar-refractivity contribution in [3.63, 3.8) is 0 Å². The molecule has 1 aromatic heterocycles. The van der Waals surface area contributed by atoms with Crippen molar-refractivity contribution in [2.45, 2.75) is 32.0 Å². The number of rotatable bonds is 6. The fraction of sp³-hybridized carbons (Fsp3) is 0.421. The Kier molecular flexibility index (Phi) is 5.67. The lowest BCUT2D eigenvalue weighted by Gasteiger charge is -2.31. The van der Waals surface area contributed by atoms with Gasteiger partial charge < -0.3 is 14.4 Å². The van der Waals surface area contributed by atoms with Gasteiger partial charge in [-0.3, -0.25) is 9.69 Å². The van der Waals surface area contributed by atoms with E-state index >= 15 is 0 Å². The fourth-order valence-electron chi connectivity index (χ4n) is 3.00. The van der Waals surface area contributed by atoms with Crippen molar-refractivity contribution >= 4 is 5.91 Å². The normalized spacial score (nSPS) is 16.2. The molecular formula is C19H24N2O3. The topological polar surface area (TPSA) is 56.9 Å². The van der Waals surface area contributed by atoms with Crippen molar-refractivity contribution < 1.29 is 14.3 Å². The molecule has 0 saturated carbocycles. The summed E-state index contributed by atoms with van der Waals surface area (Å²) in [6.45, 7) is 2.97. The summed E-state index contributed by atoms with van der Waals surface area (Å²) in [4.78, 5) is 16.8. The summed E-state index contributed by atoms with van der Waals surface area (Å²) in [7, 11) is 0. The third-order valence-corrected chi connectivity index (χ3v) is 4.41. The van der Waals surface area contributed by atoms with Crippen molar-refractivity contribution in [2.24, 2.45) is 0 Å². The first-order valence-electron chi connectivity index (χ1n) is 8.45. The summed E-state index contributed by atoms with van der Waals surface area (Å²) in [6, 6.07) is 13.7. The Labute approximate surface area is 142 Å². The van der Waals surface area contributed by atoms with E-state index in [0.29, 0.717) is 19.6 Å². The smallest absolute Gasteiger partial charge is 0.237 e. The Morgan fingerprint density at radius 2 is 1.88 bits per heavy atom. The third kappa shape index (κ3) is 4.69. The monoisotopic (exact) mass is 328 g/mol. The lowest BCUT2D eigenvalue weighted by Crippen LogP contribution is -2.43. The van der Waals surface area contributed by atoms with Crippen LogP contribution in [0.5, 0.6) is 0 Å². The minimum Gasteiger partial charge on any atom is -0.467 e. The fourth-order valence-corrected chi connectivity index (χ4v) is 3.00. The summed E-state index contributed by atoms with van der Waals surface area (Å²) < 4.78 is 5.42. The second-order valence-electron chi connectivity index (χ2n) is 6.32. The van der Waals surface area contributed by atoms with E-state index in [4.69, 9.17) is 4.42 Å². The highest BCUT2D eigenvalue weighted by Gasteiger charge is 2.22. The molecule has 0 radical (unpaired) electrons. The van der Waals surface area contributed by atoms with E-state index in [9.17, 15) is 9.90 Å². The molecule has 2 aromatic rings. The standard InChI is InChI=1S/C19H24N2O3/c22-17-8-10-20(11-9-17)15-19(23)21(14-18-7-4-12-24-18)13-16-5-2-1-3-6-16/h1-7,12,17,22H,8-11,13-15H2. The largest absolute Gasteiger partial charge is 0.467 e. The van der Waals surface area contributed by atoms with Crippen LogP contribution in [0, 0.1) is 0 Å². The molecule has 0 atom stereocenters. The molecule has 24 heavy (non-hydrogen) atoms. The van der Waals surface area contributed by atoms with Crippen molar-refractivity contribution in [1.29, 1.82) is 0 Å². The Morgan fingerprint density at radius 3 is 2.54 bits per heavy atom. The molecule has 0 unspecified atom stereocenters. The molecule has 1 saturated heterocycles. The molecule has 1 amide bonds. The van der Waals surface area contributed by atoms with E-state index in [1.54, 1.807) is 6.26 Å².